The quantitative estimate of drug-likeness (QED) is 0.482. The van der Waals surface area contributed by atoms with E-state index in [1.807, 2.05) is 36.4 Å². The molecule has 2 rings (SSSR count). The molecule has 0 saturated heterocycles. The molecule has 0 amide bonds. The Morgan fingerprint density at radius 1 is 0.950 bits per heavy atom. The summed E-state index contributed by atoms with van der Waals surface area (Å²) in [5.41, 5.74) is 4.17. The Morgan fingerprint density at radius 3 is 2.25 bits per heavy atom. The molecule has 2 aromatic rings. The number of benzene rings is 2. The lowest BCUT2D eigenvalue weighted by molar-refractivity contribution is 0.590. The zero-order valence-corrected chi connectivity index (χ0v) is 12.2. The number of hydrogen-bond donors (Lipinski definition) is 0. The van der Waals surface area contributed by atoms with Gasteiger partial charge in [-0.3, -0.25) is 0 Å². The molecule has 0 aromatic heterocycles. The van der Waals surface area contributed by atoms with E-state index in [9.17, 15) is 0 Å². The molecule has 0 spiro atoms. The van der Waals surface area contributed by atoms with Gasteiger partial charge in [-0.2, -0.15) is 0 Å². The fourth-order valence-electron chi connectivity index (χ4n) is 2.01. The van der Waals surface area contributed by atoms with Gasteiger partial charge in [0.2, 0.25) is 0 Å². The largest absolute Gasteiger partial charge is 0.238 e. The van der Waals surface area contributed by atoms with E-state index in [4.69, 9.17) is 6.57 Å². The van der Waals surface area contributed by atoms with Crippen molar-refractivity contribution in [1.82, 2.24) is 0 Å². The van der Waals surface area contributed by atoms with Gasteiger partial charge in [0, 0.05) is 0 Å². The Morgan fingerprint density at radius 2 is 1.65 bits per heavy atom. The van der Waals surface area contributed by atoms with E-state index in [1.165, 1.54) is 5.56 Å². The van der Waals surface area contributed by atoms with Crippen molar-refractivity contribution in [2.75, 3.05) is 0 Å². The average Bonchev–Trinajstić information content (AvgIpc) is 2.45. The molecule has 0 fully saturated rings. The van der Waals surface area contributed by atoms with Crippen molar-refractivity contribution < 1.29 is 0 Å². The van der Waals surface area contributed by atoms with E-state index in [2.05, 4.69) is 49.9 Å². The maximum Gasteiger partial charge on any atom is 0.194 e. The molecule has 0 radical (unpaired) electrons. The summed E-state index contributed by atoms with van der Waals surface area (Å²) in [5, 5.41) is 0. The molecule has 0 bridgehead atoms. The van der Waals surface area contributed by atoms with Crippen molar-refractivity contribution in [1.29, 1.82) is 0 Å². The predicted molar refractivity (Wildman–Crippen MR) is 86.8 cm³/mol. The molecule has 0 atom stereocenters. The number of hydrogen-bond acceptors (Lipinski definition) is 0. The second-order valence-corrected chi connectivity index (χ2v) is 5.88. The zero-order chi connectivity index (χ0) is 14.6. The smallest absolute Gasteiger partial charge is 0.194 e. The summed E-state index contributed by atoms with van der Waals surface area (Å²) >= 11 is 0. The third-order valence-electron chi connectivity index (χ3n) is 3.27. The molecule has 0 saturated carbocycles. The van der Waals surface area contributed by atoms with Gasteiger partial charge in [-0.25, -0.2) is 4.85 Å². The lowest BCUT2D eigenvalue weighted by Gasteiger charge is -2.19. The molecule has 0 aliphatic rings. The summed E-state index contributed by atoms with van der Waals surface area (Å²) in [5.74, 6) is 0. The Labute approximate surface area is 121 Å². The molecule has 100 valence electrons. The van der Waals surface area contributed by atoms with Crippen LogP contribution in [0.5, 0.6) is 0 Å². The predicted octanol–water partition coefficient (Wildman–Crippen LogP) is 5.71. The lowest BCUT2D eigenvalue weighted by atomic mass is 9.86. The fourth-order valence-corrected chi connectivity index (χ4v) is 2.01. The van der Waals surface area contributed by atoms with E-state index >= 15 is 0 Å². The minimum Gasteiger partial charge on any atom is -0.238 e. The summed E-state index contributed by atoms with van der Waals surface area (Å²) < 4.78 is 0. The molecule has 1 nitrogen and oxygen atoms in total. The van der Waals surface area contributed by atoms with Gasteiger partial charge in [-0.1, -0.05) is 81.5 Å². The summed E-state index contributed by atoms with van der Waals surface area (Å²) in [4.78, 5) is 3.60. The fraction of sp³-hybridized carbons (Fsp3) is 0.211. The SMILES string of the molecule is [C-]#[N+]c1ccc(C(C)(C)C)cc1C=Cc1ccccc1. The van der Waals surface area contributed by atoms with Crippen LogP contribution in [-0.2, 0) is 5.41 Å². The van der Waals surface area contributed by atoms with Crippen molar-refractivity contribution in [3.05, 3.63) is 76.6 Å². The second kappa shape index (κ2) is 5.75. The molecule has 0 aliphatic carbocycles. The van der Waals surface area contributed by atoms with Gasteiger partial charge < -0.3 is 0 Å². The number of nitrogens with zero attached hydrogens (tertiary/aromatic N) is 1. The third-order valence-corrected chi connectivity index (χ3v) is 3.27. The second-order valence-electron chi connectivity index (χ2n) is 5.88. The van der Waals surface area contributed by atoms with E-state index in [1.54, 1.807) is 0 Å². The highest BCUT2D eigenvalue weighted by Gasteiger charge is 2.14. The van der Waals surface area contributed by atoms with Crippen molar-refractivity contribution >= 4 is 17.8 Å². The minimum absolute atomic E-state index is 0.0931. The van der Waals surface area contributed by atoms with Crippen LogP contribution in [0.1, 0.15) is 37.5 Å². The van der Waals surface area contributed by atoms with E-state index in [0.29, 0.717) is 5.69 Å². The summed E-state index contributed by atoms with van der Waals surface area (Å²) in [7, 11) is 0. The van der Waals surface area contributed by atoms with Gasteiger partial charge in [0.05, 0.1) is 6.57 Å². The highest BCUT2D eigenvalue weighted by molar-refractivity contribution is 5.77. The summed E-state index contributed by atoms with van der Waals surface area (Å²) in [6, 6.07) is 16.2. The van der Waals surface area contributed by atoms with Crippen LogP contribution >= 0.6 is 0 Å². The number of rotatable bonds is 2. The van der Waals surface area contributed by atoms with Crippen molar-refractivity contribution in [3.63, 3.8) is 0 Å². The lowest BCUT2D eigenvalue weighted by Crippen LogP contribution is -2.10. The van der Waals surface area contributed by atoms with E-state index in [0.717, 1.165) is 11.1 Å². The monoisotopic (exact) mass is 261 g/mol. The van der Waals surface area contributed by atoms with Crippen LogP contribution in [0.25, 0.3) is 17.0 Å². The first kappa shape index (κ1) is 14.1. The van der Waals surface area contributed by atoms with Gasteiger partial charge >= 0.3 is 0 Å². The molecule has 0 heterocycles. The van der Waals surface area contributed by atoms with Crippen LogP contribution in [-0.4, -0.2) is 0 Å². The molecule has 0 aliphatic heterocycles. The van der Waals surface area contributed by atoms with Gasteiger partial charge in [-0.05, 0) is 22.1 Å². The molecule has 0 unspecified atom stereocenters. The van der Waals surface area contributed by atoms with Gasteiger partial charge in [0.15, 0.2) is 5.69 Å². The zero-order valence-electron chi connectivity index (χ0n) is 12.2. The Balaban J connectivity index is 2.40. The summed E-state index contributed by atoms with van der Waals surface area (Å²) in [6.07, 6.45) is 4.08. The first-order valence-electron chi connectivity index (χ1n) is 6.76. The molecule has 20 heavy (non-hydrogen) atoms. The first-order valence-corrected chi connectivity index (χ1v) is 6.76. The van der Waals surface area contributed by atoms with E-state index in [-0.39, 0.29) is 5.41 Å². The van der Waals surface area contributed by atoms with Crippen LogP contribution in [0.15, 0.2) is 48.5 Å². The van der Waals surface area contributed by atoms with Crippen molar-refractivity contribution in [3.8, 4) is 0 Å². The normalized spacial score (nSPS) is 11.5. The Hall–Kier alpha value is -2.33. The topological polar surface area (TPSA) is 4.36 Å². The average molecular weight is 261 g/mol. The van der Waals surface area contributed by atoms with Crippen molar-refractivity contribution in [2.24, 2.45) is 0 Å². The van der Waals surface area contributed by atoms with Crippen LogP contribution in [0, 0.1) is 6.57 Å². The highest BCUT2D eigenvalue weighted by atomic mass is 14.6. The third kappa shape index (κ3) is 3.36. The van der Waals surface area contributed by atoms with Crippen LogP contribution in [0.2, 0.25) is 0 Å². The van der Waals surface area contributed by atoms with Gasteiger partial charge in [0.25, 0.3) is 0 Å². The van der Waals surface area contributed by atoms with Gasteiger partial charge in [-0.15, -0.1) is 0 Å². The molecule has 2 aromatic carbocycles. The Kier molecular flexibility index (Phi) is 4.05. The standard InChI is InChI=1S/C19H19N/c1-19(2,3)17-12-13-18(20-4)16(14-17)11-10-15-8-6-5-7-9-15/h5-14H,1-3H3. The van der Waals surface area contributed by atoms with E-state index < -0.39 is 0 Å². The van der Waals surface area contributed by atoms with Crippen molar-refractivity contribution in [2.45, 2.75) is 26.2 Å². The summed E-state index contributed by atoms with van der Waals surface area (Å²) in [6.45, 7) is 13.8. The maximum atomic E-state index is 7.29. The molecule has 1 heteroatoms. The van der Waals surface area contributed by atoms with Gasteiger partial charge in [0.1, 0.15) is 0 Å². The molecular formula is C19H19N. The minimum atomic E-state index is 0.0931. The molecular weight excluding hydrogens is 242 g/mol. The maximum absolute atomic E-state index is 7.29. The molecule has 0 N–H and O–H groups in total. The highest BCUT2D eigenvalue weighted by Crippen LogP contribution is 2.29. The Bertz CT molecular complexity index is 652. The van der Waals surface area contributed by atoms with Crippen LogP contribution in [0.4, 0.5) is 5.69 Å². The first-order chi connectivity index (χ1) is 9.50. The van der Waals surface area contributed by atoms with Crippen LogP contribution in [0.3, 0.4) is 0 Å². The van der Waals surface area contributed by atoms with Crippen LogP contribution < -0.4 is 0 Å².